The summed E-state index contributed by atoms with van der Waals surface area (Å²) in [4.78, 5) is 6.39. The minimum absolute atomic E-state index is 0.0436. The van der Waals surface area contributed by atoms with Crippen LogP contribution in [0.1, 0.15) is 47.8 Å². The standard InChI is InChI=1S/C25H26N2O2/c1-13-19-15-6-4-5-7-16(15)26-22(19)24-25-10-11-27(2)17(20(13)25)12-14-8-9-18(28-3)23(29-24)21(14)25/h4-9,13,17,20,24,26H,10-12H2,1-3H3/t13?,17?,20?,24?,25-/m0/s1. The second-order valence-electron chi connectivity index (χ2n) is 9.48. The van der Waals surface area contributed by atoms with Crippen molar-refractivity contribution in [2.45, 2.75) is 43.2 Å². The molecule has 4 nitrogen and oxygen atoms in total. The molecule has 2 aliphatic carbocycles. The number of aromatic nitrogens is 1. The van der Waals surface area contributed by atoms with Gasteiger partial charge in [-0.3, -0.25) is 0 Å². The molecular weight excluding hydrogens is 360 g/mol. The average Bonchev–Trinajstić information content (AvgIpc) is 3.28. The maximum Gasteiger partial charge on any atom is 0.166 e. The lowest BCUT2D eigenvalue weighted by Crippen LogP contribution is -2.62. The summed E-state index contributed by atoms with van der Waals surface area (Å²) in [5, 5.41) is 1.36. The number of fused-ring (bicyclic) bond motifs is 4. The Morgan fingerprint density at radius 3 is 2.93 bits per heavy atom. The number of H-pyrrole nitrogens is 1. The van der Waals surface area contributed by atoms with Gasteiger partial charge in [-0.1, -0.05) is 31.2 Å². The third-order valence-corrected chi connectivity index (χ3v) is 8.51. The molecule has 2 aliphatic heterocycles. The molecule has 5 atom stereocenters. The first kappa shape index (κ1) is 16.3. The van der Waals surface area contributed by atoms with Crippen LogP contribution in [-0.4, -0.2) is 36.6 Å². The van der Waals surface area contributed by atoms with Gasteiger partial charge >= 0.3 is 0 Å². The van der Waals surface area contributed by atoms with Gasteiger partial charge in [0.2, 0.25) is 0 Å². The van der Waals surface area contributed by atoms with Gasteiger partial charge in [0.05, 0.1) is 12.8 Å². The van der Waals surface area contributed by atoms with Crippen molar-refractivity contribution in [2.75, 3.05) is 20.7 Å². The Balaban J connectivity index is 1.59. The summed E-state index contributed by atoms with van der Waals surface area (Å²) < 4.78 is 12.6. The minimum Gasteiger partial charge on any atom is -0.493 e. The fraction of sp³-hybridized carbons (Fsp3) is 0.440. The molecule has 4 heteroatoms. The number of aromatic amines is 1. The highest BCUT2D eigenvalue weighted by atomic mass is 16.5. The third kappa shape index (κ3) is 1.69. The van der Waals surface area contributed by atoms with Crippen molar-refractivity contribution in [2.24, 2.45) is 5.92 Å². The Morgan fingerprint density at radius 2 is 2.07 bits per heavy atom. The van der Waals surface area contributed by atoms with Gasteiger partial charge in [0, 0.05) is 27.9 Å². The molecular formula is C25H26N2O2. The largest absolute Gasteiger partial charge is 0.493 e. The summed E-state index contributed by atoms with van der Waals surface area (Å²) in [7, 11) is 4.07. The molecule has 29 heavy (non-hydrogen) atoms. The monoisotopic (exact) mass is 386 g/mol. The first-order valence-electron chi connectivity index (χ1n) is 10.8. The van der Waals surface area contributed by atoms with Crippen LogP contribution in [0, 0.1) is 5.92 Å². The van der Waals surface area contributed by atoms with E-state index in [1.807, 2.05) is 0 Å². The van der Waals surface area contributed by atoms with Crippen molar-refractivity contribution >= 4 is 10.9 Å². The third-order valence-electron chi connectivity index (χ3n) is 8.51. The van der Waals surface area contributed by atoms with Crippen LogP contribution in [0.3, 0.4) is 0 Å². The number of methoxy groups -OCH3 is 1. The first-order chi connectivity index (χ1) is 14.1. The van der Waals surface area contributed by atoms with Crippen molar-refractivity contribution < 1.29 is 9.47 Å². The van der Waals surface area contributed by atoms with Gasteiger partial charge in [-0.2, -0.15) is 0 Å². The van der Waals surface area contributed by atoms with Crippen LogP contribution in [0.25, 0.3) is 10.9 Å². The van der Waals surface area contributed by atoms with E-state index < -0.39 is 0 Å². The average molecular weight is 386 g/mol. The van der Waals surface area contributed by atoms with Crippen LogP contribution in [0.5, 0.6) is 11.5 Å². The fourth-order valence-electron chi connectivity index (χ4n) is 7.49. The van der Waals surface area contributed by atoms with Gasteiger partial charge in [-0.25, -0.2) is 0 Å². The van der Waals surface area contributed by atoms with Crippen LogP contribution < -0.4 is 9.47 Å². The van der Waals surface area contributed by atoms with E-state index in [-0.39, 0.29) is 11.5 Å². The second-order valence-corrected chi connectivity index (χ2v) is 9.48. The van der Waals surface area contributed by atoms with E-state index in [1.165, 1.54) is 33.3 Å². The summed E-state index contributed by atoms with van der Waals surface area (Å²) in [5.74, 6) is 2.92. The Bertz CT molecular complexity index is 1180. The van der Waals surface area contributed by atoms with Crippen molar-refractivity contribution in [1.82, 2.24) is 9.88 Å². The normalized spacial score (nSPS) is 33.9. The number of likely N-dealkylation sites (tertiary alicyclic amines) is 1. The smallest absolute Gasteiger partial charge is 0.166 e. The molecule has 3 aromatic rings. The molecule has 0 radical (unpaired) electrons. The lowest BCUT2D eigenvalue weighted by atomic mass is 9.49. The zero-order valence-electron chi connectivity index (χ0n) is 17.2. The molecule has 0 saturated carbocycles. The molecule has 1 N–H and O–H groups in total. The molecule has 2 bridgehead atoms. The van der Waals surface area contributed by atoms with Gasteiger partial charge < -0.3 is 19.4 Å². The van der Waals surface area contributed by atoms with Crippen molar-refractivity contribution in [3.8, 4) is 11.5 Å². The van der Waals surface area contributed by atoms with Crippen molar-refractivity contribution in [3.05, 3.63) is 58.8 Å². The van der Waals surface area contributed by atoms with Crippen LogP contribution >= 0.6 is 0 Å². The number of para-hydroxylation sites is 1. The van der Waals surface area contributed by atoms with E-state index in [1.54, 1.807) is 7.11 Å². The van der Waals surface area contributed by atoms with Crippen LogP contribution in [0.4, 0.5) is 0 Å². The number of nitrogens with one attached hydrogen (secondary N) is 1. The number of piperidine rings is 1. The first-order valence-corrected chi connectivity index (χ1v) is 10.8. The molecule has 2 aromatic carbocycles. The number of hydrogen-bond acceptors (Lipinski definition) is 3. The van der Waals surface area contributed by atoms with Crippen LogP contribution in [0.15, 0.2) is 36.4 Å². The van der Waals surface area contributed by atoms with E-state index in [0.717, 1.165) is 30.9 Å². The Morgan fingerprint density at radius 1 is 1.21 bits per heavy atom. The van der Waals surface area contributed by atoms with E-state index in [2.05, 4.69) is 60.3 Å². The van der Waals surface area contributed by atoms with Gasteiger partial charge in [0.15, 0.2) is 11.5 Å². The van der Waals surface area contributed by atoms with E-state index >= 15 is 0 Å². The fourth-order valence-corrected chi connectivity index (χ4v) is 7.49. The van der Waals surface area contributed by atoms with Gasteiger partial charge in [0.1, 0.15) is 6.10 Å². The number of ether oxygens (including phenoxy) is 2. The maximum atomic E-state index is 6.87. The van der Waals surface area contributed by atoms with Gasteiger partial charge in [-0.15, -0.1) is 0 Å². The molecule has 4 unspecified atom stereocenters. The zero-order valence-corrected chi connectivity index (χ0v) is 17.2. The van der Waals surface area contributed by atoms with E-state index in [4.69, 9.17) is 9.47 Å². The van der Waals surface area contributed by atoms with Crippen LogP contribution in [0.2, 0.25) is 0 Å². The number of likely N-dealkylation sites (N-methyl/N-ethyl adjacent to an activating group) is 1. The molecule has 1 aromatic heterocycles. The minimum atomic E-state index is 0.0436. The summed E-state index contributed by atoms with van der Waals surface area (Å²) in [6, 6.07) is 13.7. The summed E-state index contributed by atoms with van der Waals surface area (Å²) in [6.07, 6.45) is 2.29. The summed E-state index contributed by atoms with van der Waals surface area (Å²) in [6.45, 7) is 3.58. The Kier molecular flexibility index (Phi) is 2.92. The Labute approximate surface area is 170 Å². The summed E-state index contributed by atoms with van der Waals surface area (Å²) >= 11 is 0. The van der Waals surface area contributed by atoms with Gasteiger partial charge in [-0.05, 0) is 61.5 Å². The highest BCUT2D eigenvalue weighted by Gasteiger charge is 2.66. The van der Waals surface area contributed by atoms with E-state index in [0.29, 0.717) is 17.9 Å². The molecule has 7 rings (SSSR count). The molecule has 4 aliphatic rings. The highest BCUT2D eigenvalue weighted by Crippen LogP contribution is 2.69. The predicted octanol–water partition coefficient (Wildman–Crippen LogP) is 4.54. The molecule has 1 spiro atoms. The Hall–Kier alpha value is -2.46. The van der Waals surface area contributed by atoms with E-state index in [9.17, 15) is 0 Å². The number of benzene rings is 2. The quantitative estimate of drug-likeness (QED) is 0.667. The lowest BCUT2D eigenvalue weighted by molar-refractivity contribution is -0.0369. The van der Waals surface area contributed by atoms with Crippen molar-refractivity contribution in [3.63, 3.8) is 0 Å². The van der Waals surface area contributed by atoms with Crippen molar-refractivity contribution in [1.29, 1.82) is 0 Å². The number of hydrogen-bond donors (Lipinski definition) is 1. The molecule has 1 saturated heterocycles. The molecule has 148 valence electrons. The number of nitrogens with zero attached hydrogens (tertiary/aromatic N) is 1. The highest BCUT2D eigenvalue weighted by molar-refractivity contribution is 5.86. The summed E-state index contributed by atoms with van der Waals surface area (Å²) in [5.41, 5.74) is 6.96. The SMILES string of the molecule is COc1ccc2c3c1OC1c4[nH]c5ccccc5c4C(C)C4C(C2)N(C)CC[C@]314. The number of rotatable bonds is 1. The second kappa shape index (κ2) is 5.17. The van der Waals surface area contributed by atoms with Gasteiger partial charge in [0.25, 0.3) is 0 Å². The lowest BCUT2D eigenvalue weighted by Gasteiger charge is -2.59. The molecule has 1 fully saturated rings. The maximum absolute atomic E-state index is 6.87. The molecule has 3 heterocycles. The topological polar surface area (TPSA) is 37.5 Å². The predicted molar refractivity (Wildman–Crippen MR) is 113 cm³/mol. The molecule has 0 amide bonds. The zero-order chi connectivity index (χ0) is 19.5. The van der Waals surface area contributed by atoms with Crippen LogP contribution in [-0.2, 0) is 11.8 Å².